The van der Waals surface area contributed by atoms with Crippen molar-refractivity contribution in [2.75, 3.05) is 6.54 Å². The maximum absolute atomic E-state index is 12.2. The van der Waals surface area contributed by atoms with Crippen molar-refractivity contribution >= 4 is 17.2 Å². The van der Waals surface area contributed by atoms with Crippen molar-refractivity contribution in [2.24, 2.45) is 0 Å². The second-order valence-corrected chi connectivity index (χ2v) is 6.63. The first-order chi connectivity index (χ1) is 9.18. The first-order valence-corrected chi connectivity index (χ1v) is 8.03. The van der Waals surface area contributed by atoms with Crippen molar-refractivity contribution in [3.63, 3.8) is 0 Å². The summed E-state index contributed by atoms with van der Waals surface area (Å²) in [5.74, 6) is 0.173. The predicted molar refractivity (Wildman–Crippen MR) is 76.2 cm³/mol. The summed E-state index contributed by atoms with van der Waals surface area (Å²) >= 11 is 1.68. The third kappa shape index (κ3) is 2.67. The zero-order valence-electron chi connectivity index (χ0n) is 11.4. The van der Waals surface area contributed by atoms with Gasteiger partial charge in [0.05, 0.1) is 5.54 Å². The zero-order chi connectivity index (χ0) is 13.3. The van der Waals surface area contributed by atoms with Crippen LogP contribution in [-0.2, 0) is 10.3 Å². The minimum Gasteiger partial charge on any atom is -0.344 e. The van der Waals surface area contributed by atoms with Crippen LogP contribution in [0.5, 0.6) is 0 Å². The third-order valence-electron chi connectivity index (χ3n) is 4.21. The second kappa shape index (κ2) is 5.21. The molecule has 1 saturated heterocycles. The molecule has 3 rings (SSSR count). The Hall–Kier alpha value is -0.940. The van der Waals surface area contributed by atoms with Crippen LogP contribution in [0.15, 0.2) is 5.38 Å². The SMILES string of the molecule is Cc1csc(C2(NC(=O)CC3CCCN3)CCC2)n1. The molecule has 0 spiro atoms. The van der Waals surface area contributed by atoms with Crippen LogP contribution < -0.4 is 10.6 Å². The van der Waals surface area contributed by atoms with E-state index in [9.17, 15) is 4.79 Å². The molecule has 2 fully saturated rings. The van der Waals surface area contributed by atoms with Gasteiger partial charge >= 0.3 is 0 Å². The normalized spacial score (nSPS) is 25.0. The van der Waals surface area contributed by atoms with Gasteiger partial charge in [0.25, 0.3) is 0 Å². The topological polar surface area (TPSA) is 54.0 Å². The summed E-state index contributed by atoms with van der Waals surface area (Å²) in [6.45, 7) is 3.06. The summed E-state index contributed by atoms with van der Waals surface area (Å²) in [4.78, 5) is 16.8. The third-order valence-corrected chi connectivity index (χ3v) is 5.37. The Labute approximate surface area is 118 Å². The highest BCUT2D eigenvalue weighted by Crippen LogP contribution is 2.42. The summed E-state index contributed by atoms with van der Waals surface area (Å²) in [7, 11) is 0. The lowest BCUT2D eigenvalue weighted by Gasteiger charge is -2.41. The van der Waals surface area contributed by atoms with E-state index in [1.807, 2.05) is 6.92 Å². The number of hydrogen-bond acceptors (Lipinski definition) is 4. The fourth-order valence-corrected chi connectivity index (χ4v) is 3.98. The van der Waals surface area contributed by atoms with Crippen LogP contribution in [0, 0.1) is 6.92 Å². The van der Waals surface area contributed by atoms with Crippen molar-refractivity contribution in [3.8, 4) is 0 Å². The molecule has 104 valence electrons. The minimum atomic E-state index is -0.158. The maximum atomic E-state index is 12.2. The Bertz CT molecular complexity index is 461. The van der Waals surface area contributed by atoms with Crippen LogP contribution in [0.2, 0.25) is 0 Å². The Morgan fingerprint density at radius 3 is 2.95 bits per heavy atom. The van der Waals surface area contributed by atoms with Crippen molar-refractivity contribution in [1.29, 1.82) is 0 Å². The lowest BCUT2D eigenvalue weighted by atomic mass is 9.77. The molecule has 0 aromatic carbocycles. The summed E-state index contributed by atoms with van der Waals surface area (Å²) in [6, 6.07) is 0.371. The predicted octanol–water partition coefficient (Wildman–Crippen LogP) is 2.09. The van der Waals surface area contributed by atoms with E-state index < -0.39 is 0 Å². The average Bonchev–Trinajstić information content (AvgIpc) is 2.95. The van der Waals surface area contributed by atoms with E-state index in [-0.39, 0.29) is 11.4 Å². The number of carbonyl (C=O) groups is 1. The van der Waals surface area contributed by atoms with Crippen LogP contribution in [0.25, 0.3) is 0 Å². The lowest BCUT2D eigenvalue weighted by Crippen LogP contribution is -2.51. The van der Waals surface area contributed by atoms with Crippen LogP contribution in [0.3, 0.4) is 0 Å². The number of nitrogens with zero attached hydrogens (tertiary/aromatic N) is 1. The van der Waals surface area contributed by atoms with Crippen LogP contribution >= 0.6 is 11.3 Å². The number of carbonyl (C=O) groups excluding carboxylic acids is 1. The molecule has 0 radical (unpaired) electrons. The number of hydrogen-bond donors (Lipinski definition) is 2. The van der Waals surface area contributed by atoms with Gasteiger partial charge in [-0.25, -0.2) is 4.98 Å². The monoisotopic (exact) mass is 279 g/mol. The van der Waals surface area contributed by atoms with Crippen LogP contribution in [0.4, 0.5) is 0 Å². The highest BCUT2D eigenvalue weighted by atomic mass is 32.1. The fourth-order valence-electron chi connectivity index (χ4n) is 2.97. The van der Waals surface area contributed by atoms with Crippen molar-refractivity contribution in [1.82, 2.24) is 15.6 Å². The number of rotatable bonds is 4. The Balaban J connectivity index is 1.64. The Morgan fingerprint density at radius 2 is 2.42 bits per heavy atom. The van der Waals surface area contributed by atoms with E-state index in [0.717, 1.165) is 36.5 Å². The molecule has 1 unspecified atom stereocenters. The molecule has 1 aliphatic carbocycles. The van der Waals surface area contributed by atoms with Gasteiger partial charge in [0.1, 0.15) is 5.01 Å². The van der Waals surface area contributed by atoms with Crippen LogP contribution in [0.1, 0.15) is 49.2 Å². The van der Waals surface area contributed by atoms with E-state index in [2.05, 4.69) is 21.0 Å². The van der Waals surface area contributed by atoms with Gasteiger partial charge < -0.3 is 10.6 Å². The fraction of sp³-hybridized carbons (Fsp3) is 0.714. The second-order valence-electron chi connectivity index (χ2n) is 5.78. The van der Waals surface area contributed by atoms with Gasteiger partial charge in [-0.2, -0.15) is 0 Å². The van der Waals surface area contributed by atoms with E-state index >= 15 is 0 Å². The van der Waals surface area contributed by atoms with E-state index in [1.54, 1.807) is 11.3 Å². The molecule has 2 heterocycles. The van der Waals surface area contributed by atoms with Gasteiger partial charge in [-0.15, -0.1) is 11.3 Å². The first-order valence-electron chi connectivity index (χ1n) is 7.15. The van der Waals surface area contributed by atoms with Gasteiger partial charge in [-0.1, -0.05) is 0 Å². The molecule has 2 aliphatic rings. The standard InChI is InChI=1S/C14H21N3OS/c1-10-9-19-13(16-10)14(5-3-6-14)17-12(18)8-11-4-2-7-15-11/h9,11,15H,2-8H2,1H3,(H,17,18). The van der Waals surface area contributed by atoms with Gasteiger partial charge in [0.15, 0.2) is 0 Å². The molecule has 1 aliphatic heterocycles. The number of thiazole rings is 1. The average molecular weight is 279 g/mol. The molecule has 2 N–H and O–H groups in total. The quantitative estimate of drug-likeness (QED) is 0.887. The number of aryl methyl sites for hydroxylation is 1. The number of nitrogens with one attached hydrogen (secondary N) is 2. The minimum absolute atomic E-state index is 0.158. The Morgan fingerprint density at radius 1 is 1.58 bits per heavy atom. The van der Waals surface area contributed by atoms with E-state index in [1.165, 1.54) is 12.8 Å². The van der Waals surface area contributed by atoms with Crippen molar-refractivity contribution < 1.29 is 4.79 Å². The highest BCUT2D eigenvalue weighted by Gasteiger charge is 2.42. The number of amides is 1. The van der Waals surface area contributed by atoms with Gasteiger partial charge in [0.2, 0.25) is 5.91 Å². The largest absolute Gasteiger partial charge is 0.344 e. The Kier molecular flexibility index (Phi) is 3.58. The molecule has 5 heteroatoms. The molecular weight excluding hydrogens is 258 g/mol. The number of aromatic nitrogens is 1. The summed E-state index contributed by atoms with van der Waals surface area (Å²) < 4.78 is 0. The maximum Gasteiger partial charge on any atom is 0.222 e. The molecular formula is C14H21N3OS. The molecule has 19 heavy (non-hydrogen) atoms. The smallest absolute Gasteiger partial charge is 0.222 e. The summed E-state index contributed by atoms with van der Waals surface area (Å²) in [6.07, 6.45) is 6.16. The van der Waals surface area contributed by atoms with Crippen molar-refractivity contribution in [2.45, 2.75) is 57.0 Å². The van der Waals surface area contributed by atoms with E-state index in [0.29, 0.717) is 12.5 Å². The molecule has 1 aromatic rings. The summed E-state index contributed by atoms with van der Waals surface area (Å²) in [5.41, 5.74) is 0.896. The molecule has 1 amide bonds. The molecule has 1 atom stereocenters. The zero-order valence-corrected chi connectivity index (χ0v) is 12.2. The van der Waals surface area contributed by atoms with E-state index in [4.69, 9.17) is 0 Å². The molecule has 0 bridgehead atoms. The highest BCUT2D eigenvalue weighted by molar-refractivity contribution is 7.09. The first kappa shape index (κ1) is 13.1. The van der Waals surface area contributed by atoms with Gasteiger partial charge in [-0.05, 0) is 45.6 Å². The molecule has 1 saturated carbocycles. The molecule has 1 aromatic heterocycles. The van der Waals surface area contributed by atoms with Crippen molar-refractivity contribution in [3.05, 3.63) is 16.1 Å². The van der Waals surface area contributed by atoms with Crippen LogP contribution in [-0.4, -0.2) is 23.5 Å². The molecule has 4 nitrogen and oxygen atoms in total. The van der Waals surface area contributed by atoms with Gasteiger partial charge in [-0.3, -0.25) is 4.79 Å². The summed E-state index contributed by atoms with van der Waals surface area (Å²) in [5, 5.41) is 9.79. The van der Waals surface area contributed by atoms with Gasteiger partial charge in [0, 0.05) is 23.5 Å². The lowest BCUT2D eigenvalue weighted by molar-refractivity contribution is -0.124.